The van der Waals surface area contributed by atoms with Crippen molar-refractivity contribution in [1.29, 1.82) is 0 Å². The molecule has 6 atom stereocenters. The zero-order chi connectivity index (χ0) is 22.3. The van der Waals surface area contributed by atoms with Gasteiger partial charge in [-0.2, -0.15) is 4.99 Å². The minimum atomic E-state index is -1.17. The average Bonchev–Trinajstić information content (AvgIpc) is 3.17. The first-order valence-electron chi connectivity index (χ1n) is 9.36. The number of amides is 2. The van der Waals surface area contributed by atoms with Gasteiger partial charge in [-0.05, 0) is 25.6 Å². The van der Waals surface area contributed by atoms with Crippen molar-refractivity contribution in [2.75, 3.05) is 6.54 Å². The molecule has 3 aliphatic rings. The summed E-state index contributed by atoms with van der Waals surface area (Å²) in [5, 5.41) is 24.8. The van der Waals surface area contributed by atoms with Crippen molar-refractivity contribution in [3.8, 4) is 0 Å². The van der Waals surface area contributed by atoms with E-state index in [9.17, 15) is 24.6 Å². The van der Waals surface area contributed by atoms with Crippen molar-refractivity contribution in [2.24, 2.45) is 28.3 Å². The number of thioether (sulfide) groups is 1. The number of guanidine groups is 1. The highest BCUT2D eigenvalue weighted by atomic mass is 32.2. The molecule has 0 aromatic carbocycles. The molecule has 0 aromatic rings. The van der Waals surface area contributed by atoms with E-state index in [1.54, 1.807) is 0 Å². The van der Waals surface area contributed by atoms with Gasteiger partial charge in [0.2, 0.25) is 17.8 Å². The maximum absolute atomic E-state index is 12.4. The van der Waals surface area contributed by atoms with E-state index in [-0.39, 0.29) is 39.9 Å². The molecule has 30 heavy (non-hydrogen) atoms. The van der Waals surface area contributed by atoms with Crippen LogP contribution < -0.4 is 22.1 Å². The summed E-state index contributed by atoms with van der Waals surface area (Å²) >= 11 is 5.95. The molecule has 11 nitrogen and oxygen atoms in total. The second-order valence-electron chi connectivity index (χ2n) is 7.53. The van der Waals surface area contributed by atoms with Crippen LogP contribution in [-0.4, -0.2) is 74.0 Å². The number of hydrogen-bond donors (Lipinski definition) is 6. The largest absolute Gasteiger partial charge is 0.477 e. The van der Waals surface area contributed by atoms with Gasteiger partial charge in [-0.3, -0.25) is 14.9 Å². The first-order valence-corrected chi connectivity index (χ1v) is 10.6. The number of fused-ring (bicyclic) bond motifs is 1. The zero-order valence-electron chi connectivity index (χ0n) is 16.4. The van der Waals surface area contributed by atoms with Crippen molar-refractivity contribution in [2.45, 2.75) is 43.7 Å². The molecule has 0 unspecified atom stereocenters. The number of carbonyl (C=O) groups is 3. The fraction of sp³-hybridized carbons (Fsp3) is 0.588. The molecular formula is C17H24N6O5S2. The predicted octanol–water partition coefficient (Wildman–Crippen LogP) is -1.72. The molecule has 3 aliphatic heterocycles. The molecule has 0 saturated carbocycles. The Hall–Kier alpha value is -2.22. The number of nitrogens with zero attached hydrogens (tertiary/aromatic N) is 2. The van der Waals surface area contributed by atoms with E-state index < -0.39 is 29.9 Å². The van der Waals surface area contributed by atoms with Gasteiger partial charge in [-0.15, -0.1) is 11.8 Å². The number of carbonyl (C=O) groups excluding carboxylic acids is 2. The van der Waals surface area contributed by atoms with Crippen molar-refractivity contribution < 1.29 is 24.6 Å². The number of thiocarbonyl (C=S) groups is 1. The fourth-order valence-electron chi connectivity index (χ4n) is 4.21. The monoisotopic (exact) mass is 456 g/mol. The molecule has 2 saturated heterocycles. The zero-order valence-corrected chi connectivity index (χ0v) is 18.0. The Morgan fingerprint density at radius 1 is 1.43 bits per heavy atom. The molecule has 3 heterocycles. The van der Waals surface area contributed by atoms with E-state index in [1.807, 2.05) is 6.92 Å². The summed E-state index contributed by atoms with van der Waals surface area (Å²) in [6, 6.07) is -0.910. The number of aliphatic carboxylic acids is 1. The first-order chi connectivity index (χ1) is 14.0. The lowest BCUT2D eigenvalue weighted by molar-refractivity contribution is -0.163. The SMILES string of the molecule is C[C@@H](O)[C@H]1C(=O)N2C(C(=O)O)=C(S[C@@H]3CN[C@H](C(=O)N/C(N)=N/C(N)=S)C3)[C@H](C)[C@H]12. The predicted molar refractivity (Wildman–Crippen MR) is 114 cm³/mol. The summed E-state index contributed by atoms with van der Waals surface area (Å²) in [5.41, 5.74) is 10.8. The number of nitrogens with one attached hydrogen (secondary N) is 2. The van der Waals surface area contributed by atoms with Crippen molar-refractivity contribution in [1.82, 2.24) is 15.5 Å². The Bertz CT molecular complexity index is 860. The molecule has 2 amide bonds. The number of carboxylic acids is 1. The third kappa shape index (κ3) is 4.02. The topological polar surface area (TPSA) is 183 Å². The number of carboxylic acid groups (broad SMARTS) is 1. The minimum absolute atomic E-state index is 0.0277. The summed E-state index contributed by atoms with van der Waals surface area (Å²) in [7, 11) is 0. The lowest BCUT2D eigenvalue weighted by atomic mass is 9.79. The highest BCUT2D eigenvalue weighted by molar-refractivity contribution is 8.03. The van der Waals surface area contributed by atoms with Gasteiger partial charge in [0.1, 0.15) is 5.70 Å². The van der Waals surface area contributed by atoms with Crippen molar-refractivity contribution in [3.05, 3.63) is 10.6 Å². The molecule has 3 rings (SSSR count). The fourth-order valence-corrected chi connectivity index (χ4v) is 5.79. The molecule has 13 heteroatoms. The Kier molecular flexibility index (Phi) is 6.36. The second kappa shape index (κ2) is 8.49. The van der Waals surface area contributed by atoms with E-state index in [0.29, 0.717) is 17.9 Å². The van der Waals surface area contributed by atoms with Gasteiger partial charge >= 0.3 is 5.97 Å². The summed E-state index contributed by atoms with van der Waals surface area (Å²) in [6.07, 6.45) is -0.423. The van der Waals surface area contributed by atoms with E-state index in [4.69, 9.17) is 11.5 Å². The molecule has 0 aromatic heterocycles. The van der Waals surface area contributed by atoms with Gasteiger partial charge in [0, 0.05) is 22.6 Å². The van der Waals surface area contributed by atoms with Gasteiger partial charge in [0.25, 0.3) is 0 Å². The van der Waals surface area contributed by atoms with Gasteiger partial charge in [0.05, 0.1) is 24.1 Å². The third-order valence-corrected chi connectivity index (χ3v) is 7.10. The van der Waals surface area contributed by atoms with Crippen LogP contribution in [0.3, 0.4) is 0 Å². The number of aliphatic hydroxyl groups is 1. The molecule has 0 bridgehead atoms. The summed E-state index contributed by atoms with van der Waals surface area (Å²) in [4.78, 5) is 42.1. The van der Waals surface area contributed by atoms with Crippen molar-refractivity contribution in [3.63, 3.8) is 0 Å². The number of aliphatic hydroxyl groups excluding tert-OH is 1. The van der Waals surface area contributed by atoms with Crippen LogP contribution in [0.4, 0.5) is 0 Å². The summed E-state index contributed by atoms with van der Waals surface area (Å²) in [6.45, 7) is 3.86. The van der Waals surface area contributed by atoms with Gasteiger partial charge < -0.3 is 31.9 Å². The van der Waals surface area contributed by atoms with Crippen LogP contribution in [0.1, 0.15) is 20.3 Å². The average molecular weight is 457 g/mol. The van der Waals surface area contributed by atoms with Crippen LogP contribution in [0.25, 0.3) is 0 Å². The number of aliphatic imine (C=N–C) groups is 1. The molecule has 2 fully saturated rings. The van der Waals surface area contributed by atoms with Crippen LogP contribution in [0.2, 0.25) is 0 Å². The molecule has 0 aliphatic carbocycles. The van der Waals surface area contributed by atoms with Gasteiger partial charge in [-0.1, -0.05) is 6.92 Å². The smallest absolute Gasteiger partial charge is 0.353 e. The Morgan fingerprint density at radius 3 is 2.67 bits per heavy atom. The first kappa shape index (κ1) is 22.5. The third-order valence-electron chi connectivity index (χ3n) is 5.49. The summed E-state index contributed by atoms with van der Waals surface area (Å²) in [5.74, 6) is -2.97. The summed E-state index contributed by atoms with van der Waals surface area (Å²) < 4.78 is 0. The van der Waals surface area contributed by atoms with Gasteiger partial charge in [-0.25, -0.2) is 4.79 Å². The normalized spacial score (nSPS) is 32.0. The van der Waals surface area contributed by atoms with Crippen LogP contribution in [0, 0.1) is 11.8 Å². The van der Waals surface area contributed by atoms with Crippen LogP contribution in [-0.2, 0) is 14.4 Å². The molecule has 0 spiro atoms. The second-order valence-corrected chi connectivity index (χ2v) is 9.29. The number of rotatable bonds is 5. The van der Waals surface area contributed by atoms with Gasteiger partial charge in [0.15, 0.2) is 5.11 Å². The lowest BCUT2D eigenvalue weighted by Gasteiger charge is -2.46. The van der Waals surface area contributed by atoms with E-state index in [2.05, 4.69) is 27.8 Å². The Balaban J connectivity index is 1.69. The van der Waals surface area contributed by atoms with E-state index >= 15 is 0 Å². The Labute approximate surface area is 182 Å². The van der Waals surface area contributed by atoms with Crippen LogP contribution in [0.15, 0.2) is 15.6 Å². The highest BCUT2D eigenvalue weighted by Gasteiger charge is 2.60. The Morgan fingerprint density at radius 2 is 2.10 bits per heavy atom. The standard InChI is InChI=1S/C17H24N6O5S2/c1-5-10-9(6(2)24)14(26)23(10)11(15(27)28)12(5)30-7-3-8(20-4-7)13(25)21-16(18)22-17(19)29/h5-10,20,24H,3-4H2,1-2H3,(H,27,28)(H5,18,19,21,22,25,29)/t5-,6-,7+,8+,9-,10-/m1/s1. The molecular weight excluding hydrogens is 432 g/mol. The minimum Gasteiger partial charge on any atom is -0.477 e. The van der Waals surface area contributed by atoms with E-state index in [1.165, 1.54) is 23.6 Å². The maximum Gasteiger partial charge on any atom is 0.353 e. The molecule has 8 N–H and O–H groups in total. The number of hydrogen-bond acceptors (Lipinski definition) is 7. The maximum atomic E-state index is 12.4. The van der Waals surface area contributed by atoms with Crippen molar-refractivity contribution >= 4 is 52.8 Å². The number of β-lactam (4-membered cyclic amide) rings is 1. The number of nitrogens with two attached hydrogens (primary N) is 2. The van der Waals surface area contributed by atoms with Crippen LogP contribution in [0.5, 0.6) is 0 Å². The molecule has 164 valence electrons. The van der Waals surface area contributed by atoms with E-state index in [0.717, 1.165) is 0 Å². The highest BCUT2D eigenvalue weighted by Crippen LogP contribution is 2.51. The lowest BCUT2D eigenvalue weighted by Crippen LogP contribution is -2.63. The quantitative estimate of drug-likeness (QED) is 0.120. The van der Waals surface area contributed by atoms with Crippen LogP contribution >= 0.6 is 24.0 Å². The molecule has 0 radical (unpaired) electrons.